The number of benzene rings is 1. The van der Waals surface area contributed by atoms with E-state index >= 15 is 0 Å². The molecule has 1 saturated carbocycles. The number of nitrogens with zero attached hydrogens (tertiary/aromatic N) is 1. The normalized spacial score (nSPS) is 20.3. The van der Waals surface area contributed by atoms with Crippen LogP contribution in [0.1, 0.15) is 45.1 Å². The summed E-state index contributed by atoms with van der Waals surface area (Å²) in [5, 5.41) is 12.0. The lowest BCUT2D eigenvalue weighted by Crippen LogP contribution is -2.47. The molecule has 1 aromatic carbocycles. The van der Waals surface area contributed by atoms with E-state index in [0.29, 0.717) is 37.8 Å². The van der Waals surface area contributed by atoms with Crippen LogP contribution in [0.15, 0.2) is 24.3 Å². The molecular formula is C19H27FN2O3. The SMILES string of the molecule is CC(C)CN(Cc1ccccc1F)C(=O)NC1CCC(C(=O)O)CC1. The monoisotopic (exact) mass is 350 g/mol. The van der Waals surface area contributed by atoms with Crippen molar-refractivity contribution < 1.29 is 19.1 Å². The van der Waals surface area contributed by atoms with E-state index in [9.17, 15) is 14.0 Å². The van der Waals surface area contributed by atoms with Gasteiger partial charge in [-0.15, -0.1) is 0 Å². The van der Waals surface area contributed by atoms with Gasteiger partial charge in [-0.05, 0) is 37.7 Å². The van der Waals surface area contributed by atoms with Gasteiger partial charge in [-0.25, -0.2) is 9.18 Å². The number of aliphatic carboxylic acids is 1. The first-order valence-corrected chi connectivity index (χ1v) is 8.88. The van der Waals surface area contributed by atoms with Crippen molar-refractivity contribution >= 4 is 12.0 Å². The number of carbonyl (C=O) groups excluding carboxylic acids is 1. The maximum Gasteiger partial charge on any atom is 0.317 e. The highest BCUT2D eigenvalue weighted by atomic mass is 19.1. The maximum absolute atomic E-state index is 13.9. The highest BCUT2D eigenvalue weighted by Crippen LogP contribution is 2.24. The lowest BCUT2D eigenvalue weighted by molar-refractivity contribution is -0.142. The third kappa shape index (κ3) is 5.73. The molecular weight excluding hydrogens is 323 g/mol. The molecule has 138 valence electrons. The minimum Gasteiger partial charge on any atom is -0.481 e. The van der Waals surface area contributed by atoms with Crippen LogP contribution in [0, 0.1) is 17.7 Å². The van der Waals surface area contributed by atoms with Gasteiger partial charge < -0.3 is 15.3 Å². The molecule has 0 aromatic heterocycles. The molecule has 1 aliphatic rings. The maximum atomic E-state index is 13.9. The zero-order valence-electron chi connectivity index (χ0n) is 14.9. The van der Waals surface area contributed by atoms with Crippen molar-refractivity contribution in [2.24, 2.45) is 11.8 Å². The van der Waals surface area contributed by atoms with Crippen molar-refractivity contribution in [2.45, 2.75) is 52.1 Å². The molecule has 5 nitrogen and oxygen atoms in total. The summed E-state index contributed by atoms with van der Waals surface area (Å²) in [5.41, 5.74) is 0.493. The van der Waals surface area contributed by atoms with Crippen LogP contribution in [-0.4, -0.2) is 34.6 Å². The second-order valence-corrected chi connectivity index (χ2v) is 7.20. The van der Waals surface area contributed by atoms with Gasteiger partial charge in [0.25, 0.3) is 0 Å². The first-order valence-electron chi connectivity index (χ1n) is 8.88. The molecule has 1 aromatic rings. The number of carboxylic acids is 1. The summed E-state index contributed by atoms with van der Waals surface area (Å²) in [6.45, 7) is 4.78. The van der Waals surface area contributed by atoms with Gasteiger partial charge >= 0.3 is 12.0 Å². The van der Waals surface area contributed by atoms with Crippen molar-refractivity contribution in [3.05, 3.63) is 35.6 Å². The molecule has 0 atom stereocenters. The lowest BCUT2D eigenvalue weighted by atomic mass is 9.86. The number of nitrogens with one attached hydrogen (secondary N) is 1. The fraction of sp³-hybridized carbons (Fsp3) is 0.579. The van der Waals surface area contributed by atoms with Crippen molar-refractivity contribution in [1.82, 2.24) is 10.2 Å². The number of amides is 2. The van der Waals surface area contributed by atoms with Crippen molar-refractivity contribution in [3.63, 3.8) is 0 Å². The quantitative estimate of drug-likeness (QED) is 0.823. The zero-order valence-corrected chi connectivity index (χ0v) is 14.9. The van der Waals surface area contributed by atoms with Crippen molar-refractivity contribution in [1.29, 1.82) is 0 Å². The average Bonchev–Trinajstić information content (AvgIpc) is 2.56. The summed E-state index contributed by atoms with van der Waals surface area (Å²) in [6.07, 6.45) is 2.49. The Morgan fingerprint density at radius 1 is 1.24 bits per heavy atom. The Labute approximate surface area is 148 Å². The van der Waals surface area contributed by atoms with Crippen LogP contribution in [0.3, 0.4) is 0 Å². The fourth-order valence-electron chi connectivity index (χ4n) is 3.24. The largest absolute Gasteiger partial charge is 0.481 e. The van der Waals surface area contributed by atoms with Gasteiger partial charge in [0.15, 0.2) is 0 Å². The van der Waals surface area contributed by atoms with Crippen LogP contribution in [0.25, 0.3) is 0 Å². The Morgan fingerprint density at radius 2 is 1.88 bits per heavy atom. The second kappa shape index (κ2) is 8.83. The topological polar surface area (TPSA) is 69.6 Å². The van der Waals surface area contributed by atoms with E-state index in [2.05, 4.69) is 5.32 Å². The Kier molecular flexibility index (Phi) is 6.79. The van der Waals surface area contributed by atoms with Gasteiger partial charge in [-0.3, -0.25) is 4.79 Å². The van der Waals surface area contributed by atoms with E-state index in [4.69, 9.17) is 5.11 Å². The Bertz CT molecular complexity index is 598. The Hall–Kier alpha value is -2.11. The zero-order chi connectivity index (χ0) is 18.4. The molecule has 0 heterocycles. The summed E-state index contributed by atoms with van der Waals surface area (Å²) in [7, 11) is 0. The molecule has 1 aliphatic carbocycles. The molecule has 0 unspecified atom stereocenters. The molecule has 6 heteroatoms. The van der Waals surface area contributed by atoms with Crippen LogP contribution in [0.2, 0.25) is 0 Å². The number of rotatable bonds is 6. The Balaban J connectivity index is 1.97. The standard InChI is InChI=1S/C19H27FN2O3/c1-13(2)11-22(12-15-5-3-4-6-17(15)20)19(25)21-16-9-7-14(8-10-16)18(23)24/h3-6,13-14,16H,7-12H2,1-2H3,(H,21,25)(H,23,24). The molecule has 0 aliphatic heterocycles. The average molecular weight is 350 g/mol. The van der Waals surface area contributed by atoms with Crippen molar-refractivity contribution in [3.8, 4) is 0 Å². The lowest BCUT2D eigenvalue weighted by Gasteiger charge is -2.31. The highest BCUT2D eigenvalue weighted by Gasteiger charge is 2.28. The van der Waals surface area contributed by atoms with E-state index in [0.717, 1.165) is 0 Å². The molecule has 1 fully saturated rings. The molecule has 0 spiro atoms. The fourth-order valence-corrected chi connectivity index (χ4v) is 3.24. The smallest absolute Gasteiger partial charge is 0.317 e. The van der Waals surface area contributed by atoms with Gasteiger partial charge in [0, 0.05) is 18.2 Å². The van der Waals surface area contributed by atoms with E-state index in [1.165, 1.54) is 6.07 Å². The number of hydrogen-bond donors (Lipinski definition) is 2. The van der Waals surface area contributed by atoms with Gasteiger partial charge in [-0.2, -0.15) is 0 Å². The predicted molar refractivity (Wildman–Crippen MR) is 93.6 cm³/mol. The molecule has 0 radical (unpaired) electrons. The summed E-state index contributed by atoms with van der Waals surface area (Å²) in [5.74, 6) is -1.12. The van der Waals surface area contributed by atoms with Crippen LogP contribution >= 0.6 is 0 Å². The first-order chi connectivity index (χ1) is 11.9. The van der Waals surface area contributed by atoms with Gasteiger partial charge in [0.1, 0.15) is 5.82 Å². The van der Waals surface area contributed by atoms with Crippen LogP contribution in [0.4, 0.5) is 9.18 Å². The van der Waals surface area contributed by atoms with Crippen LogP contribution in [-0.2, 0) is 11.3 Å². The predicted octanol–water partition coefficient (Wildman–Crippen LogP) is 3.64. The van der Waals surface area contributed by atoms with Gasteiger partial charge in [-0.1, -0.05) is 32.0 Å². The highest BCUT2D eigenvalue weighted by molar-refractivity contribution is 5.74. The van der Waals surface area contributed by atoms with Gasteiger partial charge in [0.05, 0.1) is 12.5 Å². The van der Waals surface area contributed by atoms with Crippen LogP contribution in [0.5, 0.6) is 0 Å². The van der Waals surface area contributed by atoms with E-state index in [-0.39, 0.29) is 36.3 Å². The summed E-state index contributed by atoms with van der Waals surface area (Å²) in [4.78, 5) is 25.3. The minimum absolute atomic E-state index is 0.0154. The first kappa shape index (κ1) is 19.2. The third-order valence-electron chi connectivity index (χ3n) is 4.60. The number of halogens is 1. The molecule has 2 N–H and O–H groups in total. The van der Waals surface area contributed by atoms with Crippen LogP contribution < -0.4 is 5.32 Å². The number of carbonyl (C=O) groups is 2. The number of carboxylic acid groups (broad SMARTS) is 1. The number of urea groups is 1. The van der Waals surface area contributed by atoms with Gasteiger partial charge in [0.2, 0.25) is 0 Å². The third-order valence-corrected chi connectivity index (χ3v) is 4.60. The molecule has 2 rings (SSSR count). The minimum atomic E-state index is -0.759. The molecule has 2 amide bonds. The summed E-state index contributed by atoms with van der Waals surface area (Å²) < 4.78 is 13.9. The van der Waals surface area contributed by atoms with E-state index in [1.54, 1.807) is 23.1 Å². The molecule has 0 saturated heterocycles. The summed E-state index contributed by atoms with van der Waals surface area (Å²) >= 11 is 0. The van der Waals surface area contributed by atoms with E-state index in [1.807, 2.05) is 13.8 Å². The summed E-state index contributed by atoms with van der Waals surface area (Å²) in [6, 6.07) is 6.25. The van der Waals surface area contributed by atoms with E-state index < -0.39 is 5.97 Å². The molecule has 25 heavy (non-hydrogen) atoms. The Morgan fingerprint density at radius 3 is 2.44 bits per heavy atom. The number of hydrogen-bond acceptors (Lipinski definition) is 2. The second-order valence-electron chi connectivity index (χ2n) is 7.20. The van der Waals surface area contributed by atoms with Crippen molar-refractivity contribution in [2.75, 3.05) is 6.54 Å². The molecule has 0 bridgehead atoms.